The summed E-state index contributed by atoms with van der Waals surface area (Å²) < 4.78 is 15.0. The molecule has 95 valence electrons. The molecule has 0 saturated carbocycles. The highest BCUT2D eigenvalue weighted by molar-refractivity contribution is 5.68. The summed E-state index contributed by atoms with van der Waals surface area (Å²) in [4.78, 5) is 10.3. The number of nitriles is 1. The molecule has 0 fully saturated rings. The number of nitrogens with zero attached hydrogens (tertiary/aromatic N) is 2. The van der Waals surface area contributed by atoms with E-state index in [9.17, 15) is 10.1 Å². The first-order valence-corrected chi connectivity index (χ1v) is 4.99. The fourth-order valence-corrected chi connectivity index (χ4v) is 1.42. The molecule has 0 atom stereocenters. The maximum atomic E-state index is 11.0. The van der Waals surface area contributed by atoms with Crippen molar-refractivity contribution >= 4 is 5.69 Å². The standard InChI is InChI=1S/C11H11N2O5/c1-4-18-9-5-8(16-2)7(6-12)11(17-3)10(9)13(14)15/h4H2,1-3H3. The number of nitro groups is 1. The van der Waals surface area contributed by atoms with Gasteiger partial charge in [-0.25, -0.2) is 0 Å². The molecule has 0 heterocycles. The van der Waals surface area contributed by atoms with Gasteiger partial charge in [0, 0.05) is 0 Å². The predicted molar refractivity (Wildman–Crippen MR) is 60.9 cm³/mol. The van der Waals surface area contributed by atoms with Crippen molar-refractivity contribution in [3.63, 3.8) is 0 Å². The van der Waals surface area contributed by atoms with Crippen LogP contribution >= 0.6 is 0 Å². The first-order valence-electron chi connectivity index (χ1n) is 4.99. The molecule has 0 aliphatic rings. The van der Waals surface area contributed by atoms with E-state index in [-0.39, 0.29) is 29.4 Å². The van der Waals surface area contributed by atoms with E-state index in [2.05, 4.69) is 6.07 Å². The zero-order valence-corrected chi connectivity index (χ0v) is 10.1. The molecule has 1 radical (unpaired) electrons. The van der Waals surface area contributed by atoms with E-state index in [0.29, 0.717) is 0 Å². The van der Waals surface area contributed by atoms with Gasteiger partial charge in [-0.2, -0.15) is 5.26 Å². The first kappa shape index (κ1) is 13.6. The Morgan fingerprint density at radius 1 is 1.39 bits per heavy atom. The number of methoxy groups -OCH3 is 2. The Bertz CT molecular complexity index is 507. The van der Waals surface area contributed by atoms with Crippen molar-refractivity contribution < 1.29 is 19.1 Å². The van der Waals surface area contributed by atoms with Crippen molar-refractivity contribution in [3.05, 3.63) is 21.7 Å². The van der Waals surface area contributed by atoms with Crippen molar-refractivity contribution in [2.45, 2.75) is 6.92 Å². The monoisotopic (exact) mass is 251 g/mol. The van der Waals surface area contributed by atoms with Gasteiger partial charge >= 0.3 is 5.69 Å². The Kier molecular flexibility index (Phi) is 4.32. The Labute approximate surface area is 104 Å². The van der Waals surface area contributed by atoms with Gasteiger partial charge in [0.25, 0.3) is 0 Å². The molecule has 7 heteroatoms. The van der Waals surface area contributed by atoms with Crippen molar-refractivity contribution in [1.82, 2.24) is 0 Å². The summed E-state index contributed by atoms with van der Waals surface area (Å²) in [5.41, 5.74) is -0.521. The fraction of sp³-hybridized carbons (Fsp3) is 0.364. The lowest BCUT2D eigenvalue weighted by Crippen LogP contribution is -2.03. The van der Waals surface area contributed by atoms with Gasteiger partial charge in [-0.15, -0.1) is 0 Å². The van der Waals surface area contributed by atoms with Crippen LogP contribution in [0, 0.1) is 27.5 Å². The molecular weight excluding hydrogens is 240 g/mol. The third kappa shape index (κ3) is 2.27. The fourth-order valence-electron chi connectivity index (χ4n) is 1.42. The van der Waals surface area contributed by atoms with E-state index in [1.165, 1.54) is 14.2 Å². The lowest BCUT2D eigenvalue weighted by molar-refractivity contribution is -0.386. The lowest BCUT2D eigenvalue weighted by Gasteiger charge is -2.11. The molecule has 0 unspecified atom stereocenters. The van der Waals surface area contributed by atoms with Crippen molar-refractivity contribution in [2.75, 3.05) is 20.8 Å². The predicted octanol–water partition coefficient (Wildman–Crippen LogP) is 1.68. The van der Waals surface area contributed by atoms with Crippen LogP contribution in [0.4, 0.5) is 5.69 Å². The van der Waals surface area contributed by atoms with Crippen LogP contribution in [0.1, 0.15) is 12.5 Å². The van der Waals surface area contributed by atoms with Gasteiger partial charge in [-0.1, -0.05) is 0 Å². The Hall–Kier alpha value is -2.49. The van der Waals surface area contributed by atoms with Crippen LogP contribution in [0.15, 0.2) is 0 Å². The molecule has 0 aliphatic heterocycles. The van der Waals surface area contributed by atoms with Crippen LogP contribution in [-0.2, 0) is 0 Å². The van der Waals surface area contributed by atoms with Crippen LogP contribution in [-0.4, -0.2) is 25.7 Å². The van der Waals surface area contributed by atoms with Crippen LogP contribution in [0.5, 0.6) is 17.2 Å². The highest BCUT2D eigenvalue weighted by Crippen LogP contribution is 2.43. The molecule has 0 amide bonds. The summed E-state index contributed by atoms with van der Waals surface area (Å²) in [7, 11) is 2.56. The highest BCUT2D eigenvalue weighted by atomic mass is 16.6. The molecule has 1 aromatic carbocycles. The average Bonchev–Trinajstić information content (AvgIpc) is 2.36. The van der Waals surface area contributed by atoms with Crippen molar-refractivity contribution in [2.24, 2.45) is 0 Å². The SMILES string of the molecule is CCOc1[c]c(OC)c(C#N)c(OC)c1[N+](=O)[O-]. The molecule has 0 N–H and O–H groups in total. The van der Waals surface area contributed by atoms with E-state index in [1.54, 1.807) is 13.0 Å². The first-order chi connectivity index (χ1) is 8.60. The third-order valence-corrected chi connectivity index (χ3v) is 2.10. The molecule has 0 spiro atoms. The average molecular weight is 251 g/mol. The maximum Gasteiger partial charge on any atom is 0.354 e. The minimum Gasteiger partial charge on any atom is -0.494 e. The smallest absolute Gasteiger partial charge is 0.354 e. The zero-order chi connectivity index (χ0) is 13.7. The minimum absolute atomic E-state index is 0.0448. The summed E-state index contributed by atoms with van der Waals surface area (Å²) in [5.74, 6) is -0.264. The normalized spacial score (nSPS) is 9.44. The second kappa shape index (κ2) is 5.72. The van der Waals surface area contributed by atoms with Gasteiger partial charge in [0.1, 0.15) is 11.6 Å². The van der Waals surface area contributed by atoms with Gasteiger partial charge in [-0.3, -0.25) is 10.1 Å². The summed E-state index contributed by atoms with van der Waals surface area (Å²) >= 11 is 0. The minimum atomic E-state index is -0.680. The van der Waals surface area contributed by atoms with Gasteiger partial charge in [0.15, 0.2) is 5.75 Å². The highest BCUT2D eigenvalue weighted by Gasteiger charge is 2.29. The largest absolute Gasteiger partial charge is 0.494 e. The maximum absolute atomic E-state index is 11.0. The van der Waals surface area contributed by atoms with E-state index >= 15 is 0 Å². The number of rotatable bonds is 5. The molecule has 0 aromatic heterocycles. The van der Waals surface area contributed by atoms with Crippen molar-refractivity contribution in [1.29, 1.82) is 5.26 Å². The Morgan fingerprint density at radius 2 is 2.06 bits per heavy atom. The van der Waals surface area contributed by atoms with Gasteiger partial charge in [-0.05, 0) is 6.92 Å². The quantitative estimate of drug-likeness (QED) is 0.583. The van der Waals surface area contributed by atoms with E-state index in [4.69, 9.17) is 19.5 Å². The number of benzene rings is 1. The van der Waals surface area contributed by atoms with Crippen LogP contribution in [0.2, 0.25) is 0 Å². The topological polar surface area (TPSA) is 94.6 Å². The number of hydrogen-bond donors (Lipinski definition) is 0. The van der Waals surface area contributed by atoms with Gasteiger partial charge < -0.3 is 14.2 Å². The molecule has 0 aliphatic carbocycles. The van der Waals surface area contributed by atoms with Crippen LogP contribution in [0.25, 0.3) is 0 Å². The second-order valence-corrected chi connectivity index (χ2v) is 3.05. The molecule has 7 nitrogen and oxygen atoms in total. The second-order valence-electron chi connectivity index (χ2n) is 3.05. The van der Waals surface area contributed by atoms with Crippen LogP contribution < -0.4 is 14.2 Å². The summed E-state index contributed by atoms with van der Waals surface area (Å²) in [5, 5.41) is 20.0. The number of hydrogen-bond acceptors (Lipinski definition) is 6. The number of nitro benzene ring substituents is 1. The summed E-state index contributed by atoms with van der Waals surface area (Å²) in [6.45, 7) is 1.89. The molecule has 0 saturated heterocycles. The molecule has 18 heavy (non-hydrogen) atoms. The van der Waals surface area contributed by atoms with Crippen LogP contribution in [0.3, 0.4) is 0 Å². The molecule has 1 aromatic rings. The van der Waals surface area contributed by atoms with E-state index in [1.807, 2.05) is 0 Å². The Balaban J connectivity index is 3.64. The summed E-state index contributed by atoms with van der Waals surface area (Å²) in [6.07, 6.45) is 0. The molecule has 1 rings (SSSR count). The summed E-state index contributed by atoms with van der Waals surface area (Å²) in [6, 6.07) is 4.34. The van der Waals surface area contributed by atoms with E-state index in [0.717, 1.165) is 0 Å². The lowest BCUT2D eigenvalue weighted by atomic mass is 10.1. The number of ether oxygens (including phenoxy) is 3. The van der Waals surface area contributed by atoms with Crippen molar-refractivity contribution in [3.8, 4) is 23.3 Å². The van der Waals surface area contributed by atoms with E-state index < -0.39 is 10.6 Å². The zero-order valence-electron chi connectivity index (χ0n) is 10.1. The molecule has 0 bridgehead atoms. The molecular formula is C11H11N2O5. The Morgan fingerprint density at radius 3 is 2.44 bits per heavy atom. The van der Waals surface area contributed by atoms with Gasteiger partial charge in [0.05, 0.1) is 31.8 Å². The van der Waals surface area contributed by atoms with Gasteiger partial charge in [0.2, 0.25) is 11.5 Å². The third-order valence-electron chi connectivity index (χ3n) is 2.10.